The van der Waals surface area contributed by atoms with Crippen molar-refractivity contribution in [3.8, 4) is 34.1 Å². The molecule has 11 N–H and O–H groups in total. The number of nitrogens with two attached hydrogens (primary N) is 1. The van der Waals surface area contributed by atoms with E-state index in [4.69, 9.17) is 49.2 Å². The van der Waals surface area contributed by atoms with Crippen LogP contribution < -0.4 is 72.5 Å². The summed E-state index contributed by atoms with van der Waals surface area (Å²) in [7, 11) is 4.45. The highest BCUT2D eigenvalue weighted by Crippen LogP contribution is 2.36. The number of amides is 9. The van der Waals surface area contributed by atoms with Crippen LogP contribution in [0.15, 0.2) is 133 Å². The summed E-state index contributed by atoms with van der Waals surface area (Å²) in [6.07, 6.45) is -1.24. The molecule has 0 spiro atoms. The van der Waals surface area contributed by atoms with Crippen molar-refractivity contribution in [1.29, 1.82) is 0 Å². The van der Waals surface area contributed by atoms with E-state index in [-0.39, 0.29) is 30.9 Å². The third-order valence-corrected chi connectivity index (χ3v) is 20.1. The number of hydrogen-bond donors (Lipinski definition) is 10. The zero-order chi connectivity index (χ0) is 94.3. The Morgan fingerprint density at radius 3 is 1.72 bits per heavy atom. The molecule has 0 aromatic heterocycles. The minimum Gasteiger partial charge on any atom is -0.497 e. The van der Waals surface area contributed by atoms with Gasteiger partial charge in [0.1, 0.15) is 76.2 Å². The van der Waals surface area contributed by atoms with Gasteiger partial charge in [-0.05, 0) is 243 Å². The van der Waals surface area contributed by atoms with E-state index in [1.54, 1.807) is 138 Å². The van der Waals surface area contributed by atoms with Gasteiger partial charge in [0.05, 0.1) is 75.5 Å². The fraction of sp³-hybridized carbons (Fsp3) is 0.516. The second kappa shape index (κ2) is 48.3. The highest BCUT2D eigenvalue weighted by molar-refractivity contribution is 6.00. The van der Waals surface area contributed by atoms with Gasteiger partial charge in [0.2, 0.25) is 47.3 Å². The SMILES string of the molecule is CCc1cc(OCCCCN=[N+]=[N-])ccc1-c1ccc(C[C@H](NC(=O)[C@H](CC(=O)OC(C)(C)C)NC(=O)[C@H](COC(C)(C)C)NC(=O)[C@@H](NC(=O)[C@](C)(Cc2ccccc2F)NC(=O)[C@@H](NC(=O)CN)[C@@H](C)OC(C)(C)C)[C@@H](C)OC(C)(C)C)C(=O)N[C@@H](CCCc2cc(C)cc(C)c2)C(=O)NC(c2ccc(OCC(=O)NC)cc2)c2ccc(OC)cc2OC)cc1. The van der Waals surface area contributed by atoms with Crippen molar-refractivity contribution in [3.05, 3.63) is 188 Å². The maximum atomic E-state index is 16.0. The summed E-state index contributed by atoms with van der Waals surface area (Å²) in [5.74, 6) is -7.92. The summed E-state index contributed by atoms with van der Waals surface area (Å²) in [4.78, 5) is 151. The molecule has 692 valence electrons. The predicted molar refractivity (Wildman–Crippen MR) is 482 cm³/mol. The molecule has 10 atom stereocenters. The van der Waals surface area contributed by atoms with Gasteiger partial charge >= 0.3 is 5.97 Å². The lowest BCUT2D eigenvalue weighted by atomic mass is 9.90. The number of hydrogen-bond acceptors (Lipinski definition) is 20. The Hall–Kier alpha value is -11.7. The first kappa shape index (κ1) is 104. The molecule has 0 fully saturated rings. The Labute approximate surface area is 745 Å². The van der Waals surface area contributed by atoms with E-state index in [0.29, 0.717) is 84.9 Å². The largest absolute Gasteiger partial charge is 0.497 e. The standard InChI is InChI=1S/C95H132FN13O18/c1-22-63-50-69(122-45-26-25-44-100-109-98)41-42-70(63)64-34-32-61(33-35-64)49-74(85(114)101-73(31-27-28-62-47-57(2)46-58(3)48-62)84(113)106-83(71-43-40-68(120-20)51-77(71)121-21)65-36-38-67(39-37-65)123-56-79(111)99-19)102-86(115)75(52-80(112)127-94(15,16)17)103-87(116)76(55-124-91(6,7)8)104-88(117)81(59(4)125-92(9,10)11)107-90(119)95(18,53-66-29-23-24-30-72(66)96)108-89(118)82(105-78(110)54-97)60(5)126-93(12,13)14/h23-24,29-30,32-43,46-48,50-51,59-60,73-76,81-83H,22,25-28,31,44-45,49,52-56,97H2,1-21H3,(H,99,111)(H,101,114)(H,102,115)(H,103,116)(H,104,117)(H,105,110)(H,106,113)(H,107,119)(H,108,118)/t59-,60-,73+,74+,75+,76+,81+,82+,83?,95+/m1/s1. The van der Waals surface area contributed by atoms with E-state index in [1.165, 1.54) is 60.2 Å². The van der Waals surface area contributed by atoms with Gasteiger partial charge in [0.25, 0.3) is 5.91 Å². The molecule has 0 aliphatic rings. The summed E-state index contributed by atoms with van der Waals surface area (Å²) in [5, 5.41) is 28.5. The average Bonchev–Trinajstić information content (AvgIpc) is 0.821. The zero-order valence-electron chi connectivity index (χ0n) is 77.4. The maximum absolute atomic E-state index is 16.0. The van der Waals surface area contributed by atoms with E-state index in [1.807, 2.05) is 69.3 Å². The van der Waals surface area contributed by atoms with E-state index in [0.717, 1.165) is 39.4 Å². The normalized spacial score (nSPS) is 14.3. The van der Waals surface area contributed by atoms with Crippen molar-refractivity contribution in [1.82, 2.24) is 47.9 Å². The number of aryl methyl sites for hydroxylation is 4. The first-order chi connectivity index (χ1) is 59.7. The molecule has 6 aromatic rings. The summed E-state index contributed by atoms with van der Waals surface area (Å²) in [6.45, 7) is 29.7. The lowest BCUT2D eigenvalue weighted by Crippen LogP contribution is -2.67. The topological polar surface area (TPSA) is 428 Å². The Balaban J connectivity index is 1.49. The minimum absolute atomic E-state index is 0.0277. The number of ether oxygens (including phenoxy) is 8. The second-order valence-corrected chi connectivity index (χ2v) is 35.7. The van der Waals surface area contributed by atoms with Crippen LogP contribution in [0.1, 0.15) is 193 Å². The molecule has 0 heterocycles. The van der Waals surface area contributed by atoms with Gasteiger partial charge in [-0.1, -0.05) is 102 Å². The second-order valence-electron chi connectivity index (χ2n) is 35.7. The van der Waals surface area contributed by atoms with Gasteiger partial charge in [0, 0.05) is 43.0 Å². The average molecular weight is 1760 g/mol. The number of carbonyl (C=O) groups is 10. The van der Waals surface area contributed by atoms with Crippen LogP contribution in [0.4, 0.5) is 4.39 Å². The lowest BCUT2D eigenvalue weighted by molar-refractivity contribution is -0.157. The number of methoxy groups -OCH3 is 2. The van der Waals surface area contributed by atoms with Crippen LogP contribution in [0.25, 0.3) is 21.6 Å². The van der Waals surface area contributed by atoms with Crippen molar-refractivity contribution in [2.24, 2.45) is 10.8 Å². The fourth-order valence-corrected chi connectivity index (χ4v) is 14.1. The highest BCUT2D eigenvalue weighted by atomic mass is 19.1. The zero-order valence-corrected chi connectivity index (χ0v) is 77.4. The van der Waals surface area contributed by atoms with Crippen LogP contribution in [-0.2, 0) is 92.6 Å². The summed E-state index contributed by atoms with van der Waals surface area (Å²) >= 11 is 0. The first-order valence-electron chi connectivity index (χ1n) is 42.8. The molecule has 0 bridgehead atoms. The van der Waals surface area contributed by atoms with Crippen LogP contribution in [0.3, 0.4) is 0 Å². The molecule has 0 saturated heterocycles. The van der Waals surface area contributed by atoms with Crippen molar-refractivity contribution < 1.29 is 90.2 Å². The van der Waals surface area contributed by atoms with E-state index >= 15 is 33.2 Å². The molecule has 0 saturated carbocycles. The number of carbonyl (C=O) groups excluding carboxylic acids is 10. The molecule has 0 aliphatic carbocycles. The van der Waals surface area contributed by atoms with Gasteiger partial charge in [-0.15, -0.1) is 0 Å². The number of benzene rings is 6. The third-order valence-electron chi connectivity index (χ3n) is 20.1. The molecule has 9 amide bonds. The number of nitrogens with zero attached hydrogens (tertiary/aromatic N) is 3. The van der Waals surface area contributed by atoms with Gasteiger partial charge in [-0.3, -0.25) is 47.9 Å². The number of esters is 1. The molecule has 6 aromatic carbocycles. The van der Waals surface area contributed by atoms with Crippen LogP contribution in [0.5, 0.6) is 23.0 Å². The monoisotopic (exact) mass is 1760 g/mol. The van der Waals surface area contributed by atoms with Crippen LogP contribution >= 0.6 is 0 Å². The molecule has 6 rings (SSSR count). The van der Waals surface area contributed by atoms with Crippen LogP contribution in [-0.4, -0.2) is 190 Å². The van der Waals surface area contributed by atoms with Gasteiger partial charge in [-0.2, -0.15) is 0 Å². The van der Waals surface area contributed by atoms with Gasteiger partial charge in [-0.25, -0.2) is 4.39 Å². The Kier molecular flexibility index (Phi) is 39.6. The van der Waals surface area contributed by atoms with Gasteiger partial charge in [0.15, 0.2) is 6.61 Å². The summed E-state index contributed by atoms with van der Waals surface area (Å²) < 4.78 is 63.8. The van der Waals surface area contributed by atoms with Crippen molar-refractivity contribution in [2.45, 2.75) is 265 Å². The summed E-state index contributed by atoms with van der Waals surface area (Å²) in [6, 6.07) is 25.5. The van der Waals surface area contributed by atoms with E-state index in [9.17, 15) is 19.2 Å². The Bertz CT molecular complexity index is 4750. The first-order valence-corrected chi connectivity index (χ1v) is 42.8. The number of rotatable bonds is 47. The lowest BCUT2D eigenvalue weighted by Gasteiger charge is -2.37. The van der Waals surface area contributed by atoms with Crippen molar-refractivity contribution >= 4 is 59.1 Å². The van der Waals surface area contributed by atoms with Crippen LogP contribution in [0.2, 0.25) is 0 Å². The van der Waals surface area contributed by atoms with Crippen molar-refractivity contribution in [2.75, 3.05) is 54.2 Å². The molecule has 127 heavy (non-hydrogen) atoms. The molecule has 1 unspecified atom stereocenters. The molecule has 32 heteroatoms. The van der Waals surface area contributed by atoms with E-state index < -0.39 is 167 Å². The molecular weight excluding hydrogens is 1630 g/mol. The van der Waals surface area contributed by atoms with E-state index in [2.05, 4.69) is 57.9 Å². The predicted octanol–water partition coefficient (Wildman–Crippen LogP) is 10.7. The minimum atomic E-state index is -2.18. The molecule has 31 nitrogen and oxygen atoms in total. The van der Waals surface area contributed by atoms with Crippen molar-refractivity contribution in [3.63, 3.8) is 0 Å². The number of azide groups is 1. The van der Waals surface area contributed by atoms with Gasteiger partial charge < -0.3 is 91.5 Å². The fourth-order valence-electron chi connectivity index (χ4n) is 14.1. The smallest absolute Gasteiger partial charge is 0.308 e. The number of halogens is 1. The maximum Gasteiger partial charge on any atom is 0.308 e. The number of unbranched alkanes of at least 4 members (excludes halogenated alkanes) is 1. The molecular formula is C95H132FN13O18. The highest BCUT2D eigenvalue weighted by Gasteiger charge is 2.45. The molecule has 0 aliphatic heterocycles. The number of nitrogens with one attached hydrogen (secondary N) is 9. The Morgan fingerprint density at radius 1 is 0.551 bits per heavy atom. The van der Waals surface area contributed by atoms with Crippen LogP contribution in [0, 0.1) is 19.7 Å². The summed E-state index contributed by atoms with van der Waals surface area (Å²) in [5.41, 5.74) is 15.3. The Morgan fingerprint density at radius 2 is 1.13 bits per heavy atom. The quantitative estimate of drug-likeness (QED) is 0.00558. The third kappa shape index (κ3) is 34.9. The molecule has 0 radical (unpaired) electrons. The number of likely N-dealkylation sites (N-methyl/N-ethyl adjacent to an activating group) is 1.